The Morgan fingerprint density at radius 3 is 2.48 bits per heavy atom. The number of furan rings is 1. The van der Waals surface area contributed by atoms with Crippen molar-refractivity contribution in [3.8, 4) is 11.3 Å². The molecule has 7 heteroatoms. The lowest BCUT2D eigenvalue weighted by Gasteiger charge is -2.28. The van der Waals surface area contributed by atoms with Crippen molar-refractivity contribution in [1.29, 1.82) is 0 Å². The zero-order chi connectivity index (χ0) is 21.1. The fourth-order valence-electron chi connectivity index (χ4n) is 3.03. The second-order valence-electron chi connectivity index (χ2n) is 7.40. The van der Waals surface area contributed by atoms with E-state index in [9.17, 15) is 9.59 Å². The topological polar surface area (TPSA) is 80.6 Å². The van der Waals surface area contributed by atoms with E-state index in [2.05, 4.69) is 10.6 Å². The number of ketones is 1. The molecule has 1 aromatic carbocycles. The van der Waals surface area contributed by atoms with Crippen molar-refractivity contribution in [3.63, 3.8) is 0 Å². The van der Waals surface area contributed by atoms with Gasteiger partial charge in [-0.15, -0.1) is 0 Å². The van der Waals surface area contributed by atoms with Crippen LogP contribution in [0.5, 0.6) is 0 Å². The summed E-state index contributed by atoms with van der Waals surface area (Å²) < 4.78 is 11.5. The zero-order valence-corrected chi connectivity index (χ0v) is 17.7. The Bertz CT molecular complexity index is 973. The van der Waals surface area contributed by atoms with Crippen LogP contribution in [0.25, 0.3) is 11.3 Å². The van der Waals surface area contributed by atoms with Gasteiger partial charge in [0, 0.05) is 16.8 Å². The van der Waals surface area contributed by atoms with Crippen molar-refractivity contribution >= 4 is 29.1 Å². The highest BCUT2D eigenvalue weighted by Gasteiger charge is 2.33. The largest absolute Gasteiger partial charge is 0.462 e. The normalized spacial score (nSPS) is 16.4. The van der Waals surface area contributed by atoms with Crippen LogP contribution in [0.3, 0.4) is 0 Å². The predicted molar refractivity (Wildman–Crippen MR) is 114 cm³/mol. The molecule has 2 N–H and O–H groups in total. The molecular weight excluding hydrogens is 388 g/mol. The van der Waals surface area contributed by atoms with Crippen LogP contribution in [0.15, 0.2) is 52.1 Å². The highest BCUT2D eigenvalue weighted by molar-refractivity contribution is 7.80. The van der Waals surface area contributed by atoms with E-state index >= 15 is 0 Å². The van der Waals surface area contributed by atoms with Crippen LogP contribution in [0.2, 0.25) is 0 Å². The standard InChI is InChI=1S/C22H24N2O4S/c1-12(2)11-27-21(26)19-13(3)23-22(29)24-20(19)18-10-9-17(28-18)16-7-5-15(6-8-16)14(4)25/h5-10,12,20H,11H2,1-4H3,(H2,23,24,29). The number of ether oxygens (including phenoxy) is 1. The van der Waals surface area contributed by atoms with Crippen LogP contribution in [0.4, 0.5) is 0 Å². The van der Waals surface area contributed by atoms with E-state index in [1.54, 1.807) is 19.1 Å². The zero-order valence-electron chi connectivity index (χ0n) is 16.9. The van der Waals surface area contributed by atoms with Crippen molar-refractivity contribution in [3.05, 3.63) is 59.0 Å². The molecule has 1 aliphatic heterocycles. The number of nitrogens with one attached hydrogen (secondary N) is 2. The summed E-state index contributed by atoms with van der Waals surface area (Å²) in [6.45, 7) is 7.61. The third kappa shape index (κ3) is 4.74. The maximum absolute atomic E-state index is 12.7. The van der Waals surface area contributed by atoms with Crippen molar-refractivity contribution in [2.45, 2.75) is 33.7 Å². The van der Waals surface area contributed by atoms with Gasteiger partial charge in [-0.1, -0.05) is 38.1 Å². The van der Waals surface area contributed by atoms with Crippen LogP contribution in [0.1, 0.15) is 49.9 Å². The predicted octanol–water partition coefficient (Wildman–Crippen LogP) is 4.14. The minimum absolute atomic E-state index is 0.00858. The summed E-state index contributed by atoms with van der Waals surface area (Å²) in [4.78, 5) is 24.2. The number of allylic oxidation sites excluding steroid dienone is 1. The van der Waals surface area contributed by atoms with Gasteiger partial charge in [-0.25, -0.2) is 4.79 Å². The summed E-state index contributed by atoms with van der Waals surface area (Å²) in [5.74, 6) is 1.02. The van der Waals surface area contributed by atoms with Gasteiger partial charge in [0.2, 0.25) is 0 Å². The number of Topliss-reactive ketones (excluding diaryl/α,β-unsaturated/α-hetero) is 1. The SMILES string of the molecule is CC(=O)c1ccc(-c2ccc(C3NC(=S)NC(C)=C3C(=O)OCC(C)C)o2)cc1. The van der Waals surface area contributed by atoms with Gasteiger partial charge in [0.25, 0.3) is 0 Å². The van der Waals surface area contributed by atoms with Crippen molar-refractivity contribution < 1.29 is 18.7 Å². The number of carbonyl (C=O) groups excluding carboxylic acids is 2. The second kappa shape index (κ2) is 8.61. The van der Waals surface area contributed by atoms with E-state index in [4.69, 9.17) is 21.4 Å². The number of carbonyl (C=O) groups is 2. The van der Waals surface area contributed by atoms with Gasteiger partial charge in [-0.3, -0.25) is 4.79 Å². The minimum atomic E-state index is -0.548. The average Bonchev–Trinajstić information content (AvgIpc) is 3.15. The van der Waals surface area contributed by atoms with Crippen LogP contribution in [-0.2, 0) is 9.53 Å². The number of esters is 1. The van der Waals surface area contributed by atoms with Gasteiger partial charge in [-0.05, 0) is 44.1 Å². The molecule has 1 unspecified atom stereocenters. The van der Waals surface area contributed by atoms with Gasteiger partial charge in [0.1, 0.15) is 17.6 Å². The highest BCUT2D eigenvalue weighted by Crippen LogP contribution is 2.32. The van der Waals surface area contributed by atoms with Crippen LogP contribution >= 0.6 is 12.2 Å². The maximum atomic E-state index is 12.7. The van der Waals surface area contributed by atoms with E-state index in [0.29, 0.717) is 40.1 Å². The molecule has 1 aromatic heterocycles. The summed E-state index contributed by atoms with van der Waals surface area (Å²) in [5, 5.41) is 6.49. The van der Waals surface area contributed by atoms with Gasteiger partial charge in [0.15, 0.2) is 10.9 Å². The Labute approximate surface area is 175 Å². The van der Waals surface area contributed by atoms with E-state index in [1.807, 2.05) is 38.1 Å². The molecule has 0 radical (unpaired) electrons. The number of thiocarbonyl (C=S) groups is 1. The minimum Gasteiger partial charge on any atom is -0.462 e. The Balaban J connectivity index is 1.89. The third-order valence-corrected chi connectivity index (χ3v) is 4.74. The molecule has 2 aromatic rings. The number of rotatable bonds is 6. The summed E-state index contributed by atoms with van der Waals surface area (Å²) in [5.41, 5.74) is 2.55. The van der Waals surface area contributed by atoms with Crippen molar-refractivity contribution in [1.82, 2.24) is 10.6 Å². The molecule has 29 heavy (non-hydrogen) atoms. The molecule has 152 valence electrons. The average molecular weight is 413 g/mol. The van der Waals surface area contributed by atoms with Gasteiger partial charge in [-0.2, -0.15) is 0 Å². The molecule has 0 bridgehead atoms. The first-order chi connectivity index (χ1) is 13.8. The summed E-state index contributed by atoms with van der Waals surface area (Å²) >= 11 is 5.26. The molecule has 3 rings (SSSR count). The summed E-state index contributed by atoms with van der Waals surface area (Å²) in [6.07, 6.45) is 0. The molecule has 1 atom stereocenters. The molecule has 2 heterocycles. The first-order valence-electron chi connectivity index (χ1n) is 9.42. The third-order valence-electron chi connectivity index (χ3n) is 4.52. The molecule has 1 aliphatic rings. The molecule has 0 aliphatic carbocycles. The number of hydrogen-bond acceptors (Lipinski definition) is 5. The van der Waals surface area contributed by atoms with E-state index in [-0.39, 0.29) is 11.7 Å². The van der Waals surface area contributed by atoms with Gasteiger partial charge in [0.05, 0.1) is 12.2 Å². The molecule has 0 amide bonds. The summed E-state index contributed by atoms with van der Waals surface area (Å²) in [7, 11) is 0. The van der Waals surface area contributed by atoms with Crippen LogP contribution in [-0.4, -0.2) is 23.5 Å². The Morgan fingerprint density at radius 1 is 1.17 bits per heavy atom. The van der Waals surface area contributed by atoms with E-state index in [0.717, 1.165) is 5.56 Å². The Hall–Kier alpha value is -2.93. The molecule has 6 nitrogen and oxygen atoms in total. The number of hydrogen-bond donors (Lipinski definition) is 2. The highest BCUT2D eigenvalue weighted by atomic mass is 32.1. The summed E-state index contributed by atoms with van der Waals surface area (Å²) in [6, 6.07) is 10.3. The first-order valence-corrected chi connectivity index (χ1v) is 9.83. The molecule has 0 saturated heterocycles. The Kier molecular flexibility index (Phi) is 6.17. The molecule has 0 saturated carbocycles. The molecular formula is C22H24N2O4S. The lowest BCUT2D eigenvalue weighted by molar-refractivity contribution is -0.140. The van der Waals surface area contributed by atoms with Gasteiger partial charge < -0.3 is 19.8 Å². The van der Waals surface area contributed by atoms with E-state index in [1.165, 1.54) is 6.92 Å². The van der Waals surface area contributed by atoms with Crippen LogP contribution < -0.4 is 10.6 Å². The smallest absolute Gasteiger partial charge is 0.338 e. The molecule has 0 spiro atoms. The lowest BCUT2D eigenvalue weighted by atomic mass is 10.0. The van der Waals surface area contributed by atoms with Gasteiger partial charge >= 0.3 is 5.97 Å². The lowest BCUT2D eigenvalue weighted by Crippen LogP contribution is -2.45. The number of benzene rings is 1. The van der Waals surface area contributed by atoms with Crippen LogP contribution in [0, 0.1) is 5.92 Å². The van der Waals surface area contributed by atoms with Crippen molar-refractivity contribution in [2.75, 3.05) is 6.61 Å². The fraction of sp³-hybridized carbons (Fsp3) is 0.318. The molecule has 0 fully saturated rings. The second-order valence-corrected chi connectivity index (χ2v) is 7.81. The van der Waals surface area contributed by atoms with Crippen molar-refractivity contribution in [2.24, 2.45) is 5.92 Å². The maximum Gasteiger partial charge on any atom is 0.338 e. The quantitative estimate of drug-likeness (QED) is 0.419. The Morgan fingerprint density at radius 2 is 1.86 bits per heavy atom. The van der Waals surface area contributed by atoms with E-state index < -0.39 is 12.0 Å². The first kappa shape index (κ1) is 20.8. The fourth-order valence-corrected chi connectivity index (χ4v) is 3.30. The monoisotopic (exact) mass is 412 g/mol.